The molecule has 0 radical (unpaired) electrons. The molecule has 5 atom stereocenters. The van der Waals surface area contributed by atoms with Crippen LogP contribution >= 0.6 is 0 Å². The summed E-state index contributed by atoms with van der Waals surface area (Å²) in [5, 5.41) is 3.67. The summed E-state index contributed by atoms with van der Waals surface area (Å²) in [6, 6.07) is 14.5. The maximum atomic E-state index is 12.9. The molecule has 0 aromatic heterocycles. The highest BCUT2D eigenvalue weighted by molar-refractivity contribution is 5.90. The number of benzene rings is 2. The Bertz CT molecular complexity index is 1140. The Morgan fingerprint density at radius 1 is 0.833 bits per heavy atom. The molecule has 1 fully saturated rings. The van der Waals surface area contributed by atoms with Crippen molar-refractivity contribution >= 4 is 23.9 Å². The minimum Gasteiger partial charge on any atom is -0.463 e. The van der Waals surface area contributed by atoms with Crippen LogP contribution in [-0.2, 0) is 33.3 Å². The Hall–Kier alpha value is -4.41. The SMILES string of the molecule is CC(=O)OC[C@H]1O[C@H](OC(C)=O)[C@H](OC(=O)c2ccccc2)[C@@H](OC(=O)c2ccccc2)[C@@H]1N=[N+]=[N-]. The van der Waals surface area contributed by atoms with E-state index in [1.54, 1.807) is 36.4 Å². The average Bonchev–Trinajstić information content (AvgIpc) is 2.86. The fraction of sp³-hybridized carbons (Fsp3) is 0.333. The molecular formula is C24H23N3O9. The van der Waals surface area contributed by atoms with Gasteiger partial charge in [-0.1, -0.05) is 41.5 Å². The molecule has 1 aliphatic heterocycles. The van der Waals surface area contributed by atoms with E-state index in [1.807, 2.05) is 0 Å². The summed E-state index contributed by atoms with van der Waals surface area (Å²) >= 11 is 0. The van der Waals surface area contributed by atoms with Crippen LogP contribution < -0.4 is 0 Å². The van der Waals surface area contributed by atoms with Gasteiger partial charge in [0.1, 0.15) is 18.8 Å². The third kappa shape index (κ3) is 6.81. The zero-order valence-electron chi connectivity index (χ0n) is 19.4. The first-order chi connectivity index (χ1) is 17.3. The molecule has 2 aromatic carbocycles. The minimum absolute atomic E-state index is 0.162. The summed E-state index contributed by atoms with van der Waals surface area (Å²) in [5.41, 5.74) is 9.53. The second-order valence-corrected chi connectivity index (χ2v) is 7.62. The molecule has 12 nitrogen and oxygen atoms in total. The van der Waals surface area contributed by atoms with E-state index in [0.29, 0.717) is 0 Å². The fourth-order valence-corrected chi connectivity index (χ4v) is 3.48. The van der Waals surface area contributed by atoms with Crippen molar-refractivity contribution in [2.45, 2.75) is 44.5 Å². The highest BCUT2D eigenvalue weighted by Gasteiger charge is 2.52. The van der Waals surface area contributed by atoms with Crippen molar-refractivity contribution in [2.75, 3.05) is 6.61 Å². The summed E-state index contributed by atoms with van der Waals surface area (Å²) in [6.07, 6.45) is -5.78. The van der Waals surface area contributed by atoms with Crippen LogP contribution in [0.1, 0.15) is 34.6 Å². The highest BCUT2D eigenvalue weighted by atomic mass is 16.7. The second kappa shape index (κ2) is 12.3. The normalized spacial score (nSPS) is 22.9. The van der Waals surface area contributed by atoms with Crippen LogP contribution in [0.2, 0.25) is 0 Å². The van der Waals surface area contributed by atoms with E-state index >= 15 is 0 Å². The molecule has 2 aromatic rings. The molecule has 3 rings (SSSR count). The molecule has 188 valence electrons. The Balaban J connectivity index is 2.02. The van der Waals surface area contributed by atoms with E-state index in [9.17, 15) is 24.7 Å². The molecule has 0 aliphatic carbocycles. The van der Waals surface area contributed by atoms with Gasteiger partial charge in [-0.2, -0.15) is 0 Å². The molecule has 1 saturated heterocycles. The van der Waals surface area contributed by atoms with Crippen molar-refractivity contribution in [3.8, 4) is 0 Å². The number of ether oxygens (including phenoxy) is 5. The van der Waals surface area contributed by atoms with Gasteiger partial charge in [-0.05, 0) is 29.8 Å². The predicted octanol–water partition coefficient (Wildman–Crippen LogP) is 2.97. The predicted molar refractivity (Wildman–Crippen MR) is 121 cm³/mol. The third-order valence-corrected chi connectivity index (χ3v) is 5.04. The lowest BCUT2D eigenvalue weighted by atomic mass is 9.96. The summed E-state index contributed by atoms with van der Waals surface area (Å²) in [7, 11) is 0. The van der Waals surface area contributed by atoms with Gasteiger partial charge < -0.3 is 23.7 Å². The fourth-order valence-electron chi connectivity index (χ4n) is 3.48. The van der Waals surface area contributed by atoms with Crippen molar-refractivity contribution in [1.29, 1.82) is 0 Å². The van der Waals surface area contributed by atoms with Crippen molar-refractivity contribution in [1.82, 2.24) is 0 Å². The summed E-state index contributed by atoms with van der Waals surface area (Å²) < 4.78 is 27.2. The molecule has 0 bridgehead atoms. The molecule has 12 heteroatoms. The Kier molecular flexibility index (Phi) is 8.98. The van der Waals surface area contributed by atoms with Gasteiger partial charge in [0.25, 0.3) is 0 Å². The molecule has 0 saturated carbocycles. The van der Waals surface area contributed by atoms with Crippen LogP contribution in [0.15, 0.2) is 65.8 Å². The lowest BCUT2D eigenvalue weighted by molar-refractivity contribution is -0.267. The molecule has 1 heterocycles. The summed E-state index contributed by atoms with van der Waals surface area (Å²) in [6.45, 7) is 1.84. The van der Waals surface area contributed by atoms with Crippen molar-refractivity contribution in [2.24, 2.45) is 5.11 Å². The monoisotopic (exact) mass is 497 g/mol. The lowest BCUT2D eigenvalue weighted by Gasteiger charge is -2.42. The minimum atomic E-state index is -1.57. The topological polar surface area (TPSA) is 163 Å². The molecular weight excluding hydrogens is 474 g/mol. The largest absolute Gasteiger partial charge is 0.463 e. The standard InChI is InChI=1S/C24H23N3O9/c1-14(28)32-13-18-19(26-27-25)20(35-22(30)16-9-5-3-6-10-16)21(24(34-18)33-15(2)29)36-23(31)17-11-7-4-8-12-17/h3-12,18-21,24H,13H2,1-2H3/t18-,19-,20+,21-,24+/m1/s1. The number of hydrogen-bond donors (Lipinski definition) is 0. The molecule has 0 amide bonds. The Labute approximate surface area is 205 Å². The van der Waals surface area contributed by atoms with Gasteiger partial charge in [-0.3, -0.25) is 9.59 Å². The van der Waals surface area contributed by atoms with Gasteiger partial charge in [0.05, 0.1) is 11.1 Å². The first-order valence-corrected chi connectivity index (χ1v) is 10.8. The van der Waals surface area contributed by atoms with Gasteiger partial charge in [0.2, 0.25) is 12.4 Å². The van der Waals surface area contributed by atoms with E-state index in [-0.39, 0.29) is 11.1 Å². The van der Waals surface area contributed by atoms with Crippen molar-refractivity contribution < 1.29 is 42.9 Å². The molecule has 0 spiro atoms. The zero-order valence-corrected chi connectivity index (χ0v) is 19.4. The number of azide groups is 1. The number of carbonyl (C=O) groups is 4. The molecule has 0 unspecified atom stereocenters. The molecule has 1 aliphatic rings. The van der Waals surface area contributed by atoms with E-state index in [1.165, 1.54) is 24.3 Å². The van der Waals surface area contributed by atoms with Crippen LogP contribution in [-0.4, -0.2) is 61.1 Å². The van der Waals surface area contributed by atoms with Crippen LogP contribution in [0.25, 0.3) is 10.4 Å². The molecule has 0 N–H and O–H groups in total. The number of rotatable bonds is 8. The van der Waals surface area contributed by atoms with Gasteiger partial charge in [0.15, 0.2) is 6.10 Å². The number of nitrogens with zero attached hydrogens (tertiary/aromatic N) is 3. The average molecular weight is 497 g/mol. The quantitative estimate of drug-likeness (QED) is 0.175. The van der Waals surface area contributed by atoms with E-state index in [4.69, 9.17) is 23.7 Å². The number of carbonyl (C=O) groups excluding carboxylic acids is 4. The van der Waals surface area contributed by atoms with E-state index in [0.717, 1.165) is 13.8 Å². The van der Waals surface area contributed by atoms with Crippen LogP contribution in [0.5, 0.6) is 0 Å². The van der Waals surface area contributed by atoms with Gasteiger partial charge in [-0.15, -0.1) is 0 Å². The Morgan fingerprint density at radius 2 is 1.36 bits per heavy atom. The maximum absolute atomic E-state index is 12.9. The van der Waals surface area contributed by atoms with Crippen molar-refractivity contribution in [3.05, 3.63) is 82.2 Å². The highest BCUT2D eigenvalue weighted by Crippen LogP contribution is 2.31. The number of hydrogen-bond acceptors (Lipinski definition) is 10. The Morgan fingerprint density at radius 3 is 1.83 bits per heavy atom. The van der Waals surface area contributed by atoms with E-state index in [2.05, 4.69) is 10.0 Å². The van der Waals surface area contributed by atoms with Crippen LogP contribution in [0.3, 0.4) is 0 Å². The lowest BCUT2D eigenvalue weighted by Crippen LogP contribution is -2.61. The third-order valence-electron chi connectivity index (χ3n) is 5.04. The molecule has 36 heavy (non-hydrogen) atoms. The van der Waals surface area contributed by atoms with Crippen LogP contribution in [0.4, 0.5) is 0 Å². The van der Waals surface area contributed by atoms with Gasteiger partial charge >= 0.3 is 23.9 Å². The zero-order chi connectivity index (χ0) is 26.1. The second-order valence-electron chi connectivity index (χ2n) is 7.62. The maximum Gasteiger partial charge on any atom is 0.338 e. The smallest absolute Gasteiger partial charge is 0.338 e. The summed E-state index contributed by atoms with van der Waals surface area (Å²) in [5.74, 6) is -3.10. The first kappa shape index (κ1) is 26.2. The van der Waals surface area contributed by atoms with Gasteiger partial charge in [-0.25, -0.2) is 9.59 Å². The summed E-state index contributed by atoms with van der Waals surface area (Å²) in [4.78, 5) is 51.8. The van der Waals surface area contributed by atoms with Crippen LogP contribution in [0, 0.1) is 0 Å². The van der Waals surface area contributed by atoms with E-state index < -0.39 is 61.1 Å². The number of esters is 4. The van der Waals surface area contributed by atoms with Gasteiger partial charge in [0, 0.05) is 18.8 Å². The van der Waals surface area contributed by atoms with Crippen molar-refractivity contribution in [3.63, 3.8) is 0 Å². The first-order valence-electron chi connectivity index (χ1n) is 10.8.